The van der Waals surface area contributed by atoms with Gasteiger partial charge >= 0.3 is 0 Å². The van der Waals surface area contributed by atoms with Gasteiger partial charge in [0.15, 0.2) is 0 Å². The van der Waals surface area contributed by atoms with E-state index in [9.17, 15) is 4.79 Å². The van der Waals surface area contributed by atoms with Crippen LogP contribution in [0.15, 0.2) is 60.7 Å². The summed E-state index contributed by atoms with van der Waals surface area (Å²) in [5, 5.41) is 0. The predicted octanol–water partition coefficient (Wildman–Crippen LogP) is 3.19. The number of likely N-dealkylation sites (N-methyl/N-ethyl adjacent to an activating group) is 1. The molecule has 128 valence electrons. The predicted molar refractivity (Wildman–Crippen MR) is 98.1 cm³/mol. The fraction of sp³-hybridized carbons (Fsp3) is 0.350. The van der Waals surface area contributed by atoms with Gasteiger partial charge in [0, 0.05) is 32.4 Å². The minimum atomic E-state index is 0.113. The molecule has 0 aromatic heterocycles. The number of hydrogen-bond donors (Lipinski definition) is 0. The third-order valence-electron chi connectivity index (χ3n) is 3.96. The lowest BCUT2D eigenvalue weighted by Gasteiger charge is -2.28. The molecule has 0 saturated carbocycles. The third-order valence-corrected chi connectivity index (χ3v) is 3.96. The van der Waals surface area contributed by atoms with Gasteiger partial charge in [-0.2, -0.15) is 0 Å². The lowest BCUT2D eigenvalue weighted by molar-refractivity contribution is -0.131. The van der Waals surface area contributed by atoms with E-state index in [1.165, 1.54) is 0 Å². The molecule has 0 fully saturated rings. The van der Waals surface area contributed by atoms with Crippen LogP contribution in [0, 0.1) is 0 Å². The van der Waals surface area contributed by atoms with Crippen LogP contribution in [-0.2, 0) is 16.1 Å². The van der Waals surface area contributed by atoms with Crippen LogP contribution in [0.25, 0.3) is 0 Å². The summed E-state index contributed by atoms with van der Waals surface area (Å²) in [4.78, 5) is 16.8. The van der Waals surface area contributed by atoms with Crippen LogP contribution in [0.5, 0.6) is 0 Å². The molecule has 0 radical (unpaired) electrons. The first-order valence-electron chi connectivity index (χ1n) is 8.35. The molecule has 0 atom stereocenters. The Kier molecular flexibility index (Phi) is 7.30. The van der Waals surface area contributed by atoms with Crippen molar-refractivity contribution >= 4 is 11.6 Å². The number of benzene rings is 2. The van der Waals surface area contributed by atoms with E-state index in [1.807, 2.05) is 65.6 Å². The maximum atomic E-state index is 12.8. The van der Waals surface area contributed by atoms with Gasteiger partial charge in [0.1, 0.15) is 0 Å². The number of amides is 1. The molecule has 0 unspecified atom stereocenters. The Morgan fingerprint density at radius 3 is 2.21 bits per heavy atom. The summed E-state index contributed by atoms with van der Waals surface area (Å²) in [6, 6.07) is 20.1. The number of para-hydroxylation sites is 1. The Labute approximate surface area is 144 Å². The van der Waals surface area contributed by atoms with Crippen LogP contribution in [0.3, 0.4) is 0 Å². The van der Waals surface area contributed by atoms with Gasteiger partial charge in [-0.25, -0.2) is 0 Å². The summed E-state index contributed by atoms with van der Waals surface area (Å²) < 4.78 is 5.17. The summed E-state index contributed by atoms with van der Waals surface area (Å²) in [7, 11) is 1.66. The second kappa shape index (κ2) is 9.73. The van der Waals surface area contributed by atoms with Crippen LogP contribution in [0.4, 0.5) is 5.69 Å². The number of carbonyl (C=O) groups is 1. The van der Waals surface area contributed by atoms with Crippen LogP contribution in [-0.4, -0.2) is 44.2 Å². The average molecular weight is 326 g/mol. The molecule has 4 heteroatoms. The second-order valence-electron chi connectivity index (χ2n) is 5.64. The van der Waals surface area contributed by atoms with Gasteiger partial charge in [-0.15, -0.1) is 0 Å². The SMILES string of the molecule is CCN(CC(=O)N(CCOC)Cc1ccccc1)c1ccccc1. The zero-order valence-electron chi connectivity index (χ0n) is 14.5. The highest BCUT2D eigenvalue weighted by Crippen LogP contribution is 2.13. The zero-order valence-corrected chi connectivity index (χ0v) is 14.5. The summed E-state index contributed by atoms with van der Waals surface area (Å²) in [6.07, 6.45) is 0. The molecular formula is C20H26N2O2. The molecule has 0 aliphatic rings. The molecule has 0 N–H and O–H groups in total. The molecule has 0 heterocycles. The van der Waals surface area contributed by atoms with Crippen molar-refractivity contribution in [3.63, 3.8) is 0 Å². The van der Waals surface area contributed by atoms with E-state index in [4.69, 9.17) is 4.74 Å². The van der Waals surface area contributed by atoms with Crippen molar-refractivity contribution in [3.8, 4) is 0 Å². The van der Waals surface area contributed by atoms with Crippen molar-refractivity contribution in [2.45, 2.75) is 13.5 Å². The summed E-state index contributed by atoms with van der Waals surface area (Å²) in [5.74, 6) is 0.113. The molecule has 4 nitrogen and oxygen atoms in total. The van der Waals surface area contributed by atoms with E-state index in [2.05, 4.69) is 11.8 Å². The smallest absolute Gasteiger partial charge is 0.242 e. The largest absolute Gasteiger partial charge is 0.383 e. The molecular weight excluding hydrogens is 300 g/mol. The van der Waals surface area contributed by atoms with E-state index >= 15 is 0 Å². The molecule has 0 spiro atoms. The fourth-order valence-electron chi connectivity index (χ4n) is 2.58. The molecule has 0 saturated heterocycles. The van der Waals surface area contributed by atoms with Crippen molar-refractivity contribution < 1.29 is 9.53 Å². The molecule has 24 heavy (non-hydrogen) atoms. The van der Waals surface area contributed by atoms with E-state index < -0.39 is 0 Å². The van der Waals surface area contributed by atoms with Crippen molar-refractivity contribution in [2.24, 2.45) is 0 Å². The first-order chi connectivity index (χ1) is 11.7. The Morgan fingerprint density at radius 2 is 1.62 bits per heavy atom. The number of rotatable bonds is 9. The lowest BCUT2D eigenvalue weighted by Crippen LogP contribution is -2.41. The quantitative estimate of drug-likeness (QED) is 0.709. The Hall–Kier alpha value is -2.33. The maximum Gasteiger partial charge on any atom is 0.242 e. The second-order valence-corrected chi connectivity index (χ2v) is 5.64. The number of methoxy groups -OCH3 is 1. The van der Waals surface area contributed by atoms with Gasteiger partial charge < -0.3 is 14.5 Å². The first kappa shape index (κ1) is 18.0. The van der Waals surface area contributed by atoms with Gasteiger partial charge in [-0.3, -0.25) is 4.79 Å². The standard InChI is InChI=1S/C20H26N2O2/c1-3-21(19-12-8-5-9-13-19)17-20(23)22(14-15-24-2)16-18-10-6-4-7-11-18/h4-13H,3,14-17H2,1-2H3. The molecule has 0 bridgehead atoms. The normalized spacial score (nSPS) is 10.4. The maximum absolute atomic E-state index is 12.8. The van der Waals surface area contributed by atoms with E-state index in [1.54, 1.807) is 7.11 Å². The molecule has 2 rings (SSSR count). The van der Waals surface area contributed by atoms with Crippen molar-refractivity contribution in [3.05, 3.63) is 66.2 Å². The Morgan fingerprint density at radius 1 is 1.00 bits per heavy atom. The van der Waals surface area contributed by atoms with Gasteiger partial charge in [0.05, 0.1) is 13.2 Å². The monoisotopic (exact) mass is 326 g/mol. The van der Waals surface area contributed by atoms with Crippen LogP contribution >= 0.6 is 0 Å². The lowest BCUT2D eigenvalue weighted by atomic mass is 10.2. The average Bonchev–Trinajstić information content (AvgIpc) is 2.64. The topological polar surface area (TPSA) is 32.8 Å². The van der Waals surface area contributed by atoms with E-state index in [-0.39, 0.29) is 5.91 Å². The molecule has 0 aliphatic heterocycles. The minimum absolute atomic E-state index is 0.113. The summed E-state index contributed by atoms with van der Waals surface area (Å²) >= 11 is 0. The fourth-order valence-corrected chi connectivity index (χ4v) is 2.58. The zero-order chi connectivity index (χ0) is 17.2. The molecule has 0 aliphatic carbocycles. The molecule has 1 amide bonds. The van der Waals surface area contributed by atoms with E-state index in [0.717, 1.165) is 17.8 Å². The van der Waals surface area contributed by atoms with Gasteiger partial charge in [-0.05, 0) is 24.6 Å². The van der Waals surface area contributed by atoms with Crippen molar-refractivity contribution in [1.82, 2.24) is 4.90 Å². The number of anilines is 1. The highest BCUT2D eigenvalue weighted by atomic mass is 16.5. The third kappa shape index (κ3) is 5.39. The number of nitrogens with zero attached hydrogens (tertiary/aromatic N) is 2. The highest BCUT2D eigenvalue weighted by molar-refractivity contribution is 5.81. The number of carbonyl (C=O) groups excluding carboxylic acids is 1. The summed E-state index contributed by atoms with van der Waals surface area (Å²) in [6.45, 7) is 4.97. The van der Waals surface area contributed by atoms with Crippen LogP contribution in [0.1, 0.15) is 12.5 Å². The Bertz CT molecular complexity index is 602. The van der Waals surface area contributed by atoms with Gasteiger partial charge in [0.25, 0.3) is 0 Å². The van der Waals surface area contributed by atoms with E-state index in [0.29, 0.717) is 26.2 Å². The molecule has 2 aromatic rings. The van der Waals surface area contributed by atoms with Crippen LogP contribution < -0.4 is 4.90 Å². The van der Waals surface area contributed by atoms with Gasteiger partial charge in [0.2, 0.25) is 5.91 Å². The number of ether oxygens (including phenoxy) is 1. The van der Waals surface area contributed by atoms with Crippen molar-refractivity contribution in [2.75, 3.05) is 38.3 Å². The van der Waals surface area contributed by atoms with Crippen molar-refractivity contribution in [1.29, 1.82) is 0 Å². The molecule has 2 aromatic carbocycles. The van der Waals surface area contributed by atoms with Gasteiger partial charge in [-0.1, -0.05) is 48.5 Å². The highest BCUT2D eigenvalue weighted by Gasteiger charge is 2.17. The minimum Gasteiger partial charge on any atom is -0.383 e. The summed E-state index contributed by atoms with van der Waals surface area (Å²) in [5.41, 5.74) is 2.20. The Balaban J connectivity index is 2.05. The first-order valence-corrected chi connectivity index (χ1v) is 8.35. The van der Waals surface area contributed by atoms with Crippen LogP contribution in [0.2, 0.25) is 0 Å². The number of hydrogen-bond acceptors (Lipinski definition) is 3.